The van der Waals surface area contributed by atoms with Gasteiger partial charge in [0.2, 0.25) is 0 Å². The standard InChI is InChI=1S/C27H28N6O2/c1-2-30-27-23(26(29)19-5-8-25(20(13-19)15-28)33-16-22(34)17-33)14-24(31-27)18-3-6-21(7-4-18)32-9-11-35-12-10-32/h2-8,13-14,22,29-31,34H,1,9-12,16-17H2. The average molecular weight is 469 g/mol. The second kappa shape index (κ2) is 9.66. The number of aromatic amines is 1. The number of anilines is 3. The smallest absolute Gasteiger partial charge is 0.117 e. The third kappa shape index (κ3) is 4.52. The predicted molar refractivity (Wildman–Crippen MR) is 138 cm³/mol. The van der Waals surface area contributed by atoms with Gasteiger partial charge < -0.3 is 29.9 Å². The van der Waals surface area contributed by atoms with Crippen LogP contribution >= 0.6 is 0 Å². The van der Waals surface area contributed by atoms with Crippen LogP contribution in [0.2, 0.25) is 0 Å². The van der Waals surface area contributed by atoms with Crippen molar-refractivity contribution in [3.8, 4) is 17.3 Å². The Hall–Kier alpha value is -4.06. The van der Waals surface area contributed by atoms with Crippen LogP contribution in [-0.2, 0) is 4.74 Å². The molecule has 0 aliphatic carbocycles. The lowest BCUT2D eigenvalue weighted by molar-refractivity contribution is 0.122. The Morgan fingerprint density at radius 3 is 2.54 bits per heavy atom. The molecule has 0 atom stereocenters. The fourth-order valence-corrected chi connectivity index (χ4v) is 4.56. The number of hydrogen-bond acceptors (Lipinski definition) is 7. The lowest BCUT2D eigenvalue weighted by Gasteiger charge is -2.38. The van der Waals surface area contributed by atoms with Gasteiger partial charge in [0.1, 0.15) is 11.9 Å². The summed E-state index contributed by atoms with van der Waals surface area (Å²) >= 11 is 0. The van der Waals surface area contributed by atoms with Crippen molar-refractivity contribution in [2.24, 2.45) is 0 Å². The Kier molecular flexibility index (Phi) is 6.27. The van der Waals surface area contributed by atoms with E-state index in [2.05, 4.69) is 52.1 Å². The first-order valence-electron chi connectivity index (χ1n) is 11.7. The van der Waals surface area contributed by atoms with Crippen molar-refractivity contribution in [2.45, 2.75) is 6.10 Å². The monoisotopic (exact) mass is 468 g/mol. The third-order valence-electron chi connectivity index (χ3n) is 6.50. The van der Waals surface area contributed by atoms with E-state index in [1.165, 1.54) is 5.69 Å². The van der Waals surface area contributed by atoms with E-state index in [9.17, 15) is 10.4 Å². The second-order valence-corrected chi connectivity index (χ2v) is 8.74. The van der Waals surface area contributed by atoms with E-state index in [0.717, 1.165) is 43.2 Å². The highest BCUT2D eigenvalue weighted by Crippen LogP contribution is 2.31. The number of rotatable bonds is 7. The first-order chi connectivity index (χ1) is 17.1. The maximum atomic E-state index is 9.69. The first-order valence-corrected chi connectivity index (χ1v) is 11.7. The summed E-state index contributed by atoms with van der Waals surface area (Å²) in [7, 11) is 0. The van der Waals surface area contributed by atoms with Gasteiger partial charge in [-0.3, -0.25) is 5.41 Å². The molecule has 0 bridgehead atoms. The molecule has 2 saturated heterocycles. The number of nitriles is 1. The van der Waals surface area contributed by atoms with Gasteiger partial charge in [-0.25, -0.2) is 0 Å². The fourth-order valence-electron chi connectivity index (χ4n) is 4.56. The van der Waals surface area contributed by atoms with Crippen LogP contribution in [-0.4, -0.2) is 61.3 Å². The van der Waals surface area contributed by atoms with Gasteiger partial charge >= 0.3 is 0 Å². The molecule has 2 fully saturated rings. The highest BCUT2D eigenvalue weighted by atomic mass is 16.5. The number of aliphatic hydroxyl groups excluding tert-OH is 1. The third-order valence-corrected chi connectivity index (χ3v) is 6.50. The number of nitrogens with zero attached hydrogens (tertiary/aromatic N) is 3. The number of benzene rings is 2. The summed E-state index contributed by atoms with van der Waals surface area (Å²) in [6.07, 6.45) is 1.22. The Labute approximate surface area is 204 Å². The summed E-state index contributed by atoms with van der Waals surface area (Å²) in [5.74, 6) is 0.672. The largest absolute Gasteiger partial charge is 0.389 e. The second-order valence-electron chi connectivity index (χ2n) is 8.74. The summed E-state index contributed by atoms with van der Waals surface area (Å²) in [6, 6.07) is 18.0. The normalized spacial score (nSPS) is 15.9. The summed E-state index contributed by atoms with van der Waals surface area (Å²) in [4.78, 5) is 7.65. The van der Waals surface area contributed by atoms with Crippen molar-refractivity contribution < 1.29 is 9.84 Å². The minimum absolute atomic E-state index is 0.300. The number of aliphatic hydroxyl groups is 1. The molecule has 8 nitrogen and oxygen atoms in total. The van der Waals surface area contributed by atoms with Gasteiger partial charge in [0.15, 0.2) is 0 Å². The van der Waals surface area contributed by atoms with Crippen LogP contribution in [0.25, 0.3) is 11.3 Å². The molecule has 0 unspecified atom stereocenters. The van der Waals surface area contributed by atoms with Gasteiger partial charge in [-0.05, 0) is 42.1 Å². The molecule has 2 aromatic carbocycles. The molecule has 8 heteroatoms. The summed E-state index contributed by atoms with van der Waals surface area (Å²) in [6.45, 7) is 8.07. The van der Waals surface area contributed by atoms with E-state index < -0.39 is 0 Å². The van der Waals surface area contributed by atoms with E-state index in [0.29, 0.717) is 41.3 Å². The Morgan fingerprint density at radius 2 is 1.89 bits per heavy atom. The number of nitrogens with one attached hydrogen (secondary N) is 3. The van der Waals surface area contributed by atoms with E-state index in [4.69, 9.17) is 10.1 Å². The molecule has 0 spiro atoms. The molecule has 0 amide bonds. The fraction of sp³-hybridized carbons (Fsp3) is 0.259. The molecule has 0 saturated carbocycles. The van der Waals surface area contributed by atoms with Gasteiger partial charge in [0.05, 0.1) is 36.3 Å². The molecular weight excluding hydrogens is 440 g/mol. The van der Waals surface area contributed by atoms with Crippen molar-refractivity contribution in [3.63, 3.8) is 0 Å². The molecule has 5 rings (SSSR count). The van der Waals surface area contributed by atoms with Crippen LogP contribution in [0.15, 0.2) is 61.3 Å². The quantitative estimate of drug-likeness (QED) is 0.395. The topological polar surface area (TPSA) is 111 Å². The minimum atomic E-state index is -0.353. The molecular formula is C27H28N6O2. The average Bonchev–Trinajstić information content (AvgIpc) is 3.31. The number of ether oxygens (including phenoxy) is 1. The van der Waals surface area contributed by atoms with E-state index >= 15 is 0 Å². The van der Waals surface area contributed by atoms with Gasteiger partial charge in [0, 0.05) is 48.7 Å². The highest BCUT2D eigenvalue weighted by Gasteiger charge is 2.27. The van der Waals surface area contributed by atoms with Crippen molar-refractivity contribution in [1.29, 1.82) is 10.7 Å². The zero-order valence-corrected chi connectivity index (χ0v) is 19.4. The molecule has 2 aliphatic rings. The van der Waals surface area contributed by atoms with Crippen LogP contribution in [0, 0.1) is 16.7 Å². The van der Waals surface area contributed by atoms with E-state index in [1.807, 2.05) is 23.1 Å². The van der Waals surface area contributed by atoms with E-state index in [1.54, 1.807) is 12.3 Å². The molecule has 3 heterocycles. The minimum Gasteiger partial charge on any atom is -0.389 e. The lowest BCUT2D eigenvalue weighted by atomic mass is 9.99. The van der Waals surface area contributed by atoms with Crippen LogP contribution in [0.5, 0.6) is 0 Å². The summed E-state index contributed by atoms with van der Waals surface area (Å²) < 4.78 is 5.45. The van der Waals surface area contributed by atoms with Crippen LogP contribution in [0.3, 0.4) is 0 Å². The number of H-pyrrole nitrogens is 1. The lowest BCUT2D eigenvalue weighted by Crippen LogP contribution is -2.51. The number of β-amino-alcohol motifs (C(OH)–C–C–N with tert-alkyl or cyclic N) is 1. The number of morpholine rings is 1. The van der Waals surface area contributed by atoms with Crippen LogP contribution in [0.4, 0.5) is 17.2 Å². The molecule has 2 aliphatic heterocycles. The van der Waals surface area contributed by atoms with Crippen LogP contribution in [0.1, 0.15) is 16.7 Å². The van der Waals surface area contributed by atoms with Crippen molar-refractivity contribution in [3.05, 3.63) is 78.0 Å². The van der Waals surface area contributed by atoms with Gasteiger partial charge in [-0.2, -0.15) is 5.26 Å². The number of aromatic nitrogens is 1. The molecule has 35 heavy (non-hydrogen) atoms. The van der Waals surface area contributed by atoms with Crippen molar-refractivity contribution in [1.82, 2.24) is 4.98 Å². The SMILES string of the molecule is C=CNc1[nH]c(-c2ccc(N3CCOCC3)cc2)cc1C(=N)c1ccc(N2CC(O)C2)c(C#N)c1. The van der Waals surface area contributed by atoms with Gasteiger partial charge in [0.25, 0.3) is 0 Å². The number of hydrogen-bond donors (Lipinski definition) is 4. The summed E-state index contributed by atoms with van der Waals surface area (Å²) in [5, 5.41) is 31.3. The Morgan fingerprint density at radius 1 is 1.14 bits per heavy atom. The Bertz CT molecular complexity index is 1280. The molecule has 0 radical (unpaired) electrons. The molecule has 1 aromatic heterocycles. The predicted octanol–water partition coefficient (Wildman–Crippen LogP) is 3.54. The van der Waals surface area contributed by atoms with E-state index in [-0.39, 0.29) is 6.10 Å². The highest BCUT2D eigenvalue weighted by molar-refractivity contribution is 6.15. The van der Waals surface area contributed by atoms with Crippen LogP contribution < -0.4 is 15.1 Å². The molecule has 3 aromatic rings. The zero-order chi connectivity index (χ0) is 24.4. The van der Waals surface area contributed by atoms with Gasteiger partial charge in [-0.15, -0.1) is 0 Å². The zero-order valence-electron chi connectivity index (χ0n) is 19.4. The Balaban J connectivity index is 1.42. The van der Waals surface area contributed by atoms with Crippen molar-refractivity contribution >= 4 is 22.9 Å². The molecule has 178 valence electrons. The maximum Gasteiger partial charge on any atom is 0.117 e. The van der Waals surface area contributed by atoms with Crippen molar-refractivity contribution in [2.75, 3.05) is 54.5 Å². The summed E-state index contributed by atoms with van der Waals surface area (Å²) in [5.41, 5.74) is 5.97. The maximum absolute atomic E-state index is 9.69. The first kappa shape index (κ1) is 22.7. The molecule has 4 N–H and O–H groups in total. The van der Waals surface area contributed by atoms with Gasteiger partial charge in [-0.1, -0.05) is 24.8 Å².